The minimum atomic E-state index is -3.93. The van der Waals surface area contributed by atoms with Crippen molar-refractivity contribution in [1.29, 1.82) is 0 Å². The fraction of sp³-hybridized carbons (Fsp3) is 0.154. The number of imide groups is 1. The lowest BCUT2D eigenvalue weighted by Crippen LogP contribution is -2.53. The summed E-state index contributed by atoms with van der Waals surface area (Å²) < 4.78 is 25.8. The molecule has 0 bridgehead atoms. The van der Waals surface area contributed by atoms with Gasteiger partial charge in [-0.15, -0.1) is 0 Å². The Kier molecular flexibility index (Phi) is 4.18. The number of nitrogens with zero attached hydrogens (tertiary/aromatic N) is 4. The number of carbonyl (C=O) groups is 2. The van der Waals surface area contributed by atoms with Crippen LogP contribution in [0, 0.1) is 0 Å². The summed E-state index contributed by atoms with van der Waals surface area (Å²) in [5, 5.41) is 4.94. The Labute approximate surface area is 137 Å². The molecule has 2 aromatic rings. The van der Waals surface area contributed by atoms with E-state index in [1.807, 2.05) is 0 Å². The topological polar surface area (TPSA) is 134 Å². The molecule has 0 atom stereocenters. The highest BCUT2D eigenvalue weighted by Gasteiger charge is 2.32. The standard InChI is InChI=1S/C13H12N6O4S/c20-11-5-19(6-12(21)18-11)24(22,23)10-3-1-9(2-4-10)17-13-15-7-14-8-16-13/h1-4,7-8H,5-6H2,(H,18,20,21)(H,14,15,16,17). The summed E-state index contributed by atoms with van der Waals surface area (Å²) in [6, 6.07) is 5.80. The summed E-state index contributed by atoms with van der Waals surface area (Å²) in [5.41, 5.74) is 0.576. The minimum absolute atomic E-state index is 0.0220. The maximum absolute atomic E-state index is 12.5. The predicted octanol–water partition coefficient (Wildman–Crippen LogP) is -0.738. The molecule has 3 rings (SSSR count). The highest BCUT2D eigenvalue weighted by Crippen LogP contribution is 2.20. The highest BCUT2D eigenvalue weighted by atomic mass is 32.2. The van der Waals surface area contributed by atoms with E-state index in [2.05, 4.69) is 25.6 Å². The number of sulfonamides is 1. The molecular weight excluding hydrogens is 336 g/mol. The van der Waals surface area contributed by atoms with Crippen molar-refractivity contribution in [1.82, 2.24) is 24.6 Å². The van der Waals surface area contributed by atoms with Crippen LogP contribution in [-0.4, -0.2) is 52.6 Å². The molecule has 2 N–H and O–H groups in total. The van der Waals surface area contributed by atoms with Crippen LogP contribution in [0.5, 0.6) is 0 Å². The fourth-order valence-electron chi connectivity index (χ4n) is 2.07. The number of amides is 2. The maximum atomic E-state index is 12.5. The molecule has 2 amide bonds. The van der Waals surface area contributed by atoms with Crippen molar-refractivity contribution in [2.75, 3.05) is 18.4 Å². The molecule has 1 aliphatic rings. The largest absolute Gasteiger partial charge is 0.324 e. The third-order valence-electron chi connectivity index (χ3n) is 3.16. The molecule has 1 aliphatic heterocycles. The normalized spacial score (nSPS) is 15.8. The Morgan fingerprint density at radius 3 is 2.17 bits per heavy atom. The van der Waals surface area contributed by atoms with Gasteiger partial charge < -0.3 is 5.32 Å². The molecule has 1 saturated heterocycles. The molecule has 124 valence electrons. The molecular formula is C13H12N6O4S. The zero-order valence-corrected chi connectivity index (χ0v) is 13.0. The first-order valence-electron chi connectivity index (χ1n) is 6.77. The lowest BCUT2D eigenvalue weighted by Gasteiger charge is -2.24. The van der Waals surface area contributed by atoms with Crippen molar-refractivity contribution in [3.63, 3.8) is 0 Å². The van der Waals surface area contributed by atoms with Crippen molar-refractivity contribution in [2.24, 2.45) is 0 Å². The lowest BCUT2D eigenvalue weighted by atomic mass is 10.3. The number of nitrogens with one attached hydrogen (secondary N) is 2. The second-order valence-corrected chi connectivity index (χ2v) is 6.79. The molecule has 1 fully saturated rings. The average molecular weight is 348 g/mol. The molecule has 0 aliphatic carbocycles. The van der Waals surface area contributed by atoms with E-state index in [1.165, 1.54) is 36.9 Å². The van der Waals surface area contributed by atoms with E-state index in [-0.39, 0.29) is 18.0 Å². The summed E-state index contributed by atoms with van der Waals surface area (Å²) in [6.07, 6.45) is 2.65. The highest BCUT2D eigenvalue weighted by molar-refractivity contribution is 7.89. The van der Waals surface area contributed by atoms with Crippen LogP contribution >= 0.6 is 0 Å². The summed E-state index contributed by atoms with van der Waals surface area (Å²) in [7, 11) is -3.93. The minimum Gasteiger partial charge on any atom is -0.324 e. The first-order chi connectivity index (χ1) is 11.4. The number of carbonyl (C=O) groups excluding carboxylic acids is 2. The third-order valence-corrected chi connectivity index (χ3v) is 4.97. The van der Waals surface area contributed by atoms with Crippen molar-refractivity contribution in [2.45, 2.75) is 4.90 Å². The smallest absolute Gasteiger partial charge is 0.244 e. The van der Waals surface area contributed by atoms with Gasteiger partial charge >= 0.3 is 0 Å². The van der Waals surface area contributed by atoms with Crippen LogP contribution in [0.3, 0.4) is 0 Å². The van der Waals surface area contributed by atoms with Gasteiger partial charge in [0.2, 0.25) is 27.8 Å². The van der Waals surface area contributed by atoms with Gasteiger partial charge in [0, 0.05) is 5.69 Å². The van der Waals surface area contributed by atoms with Crippen LogP contribution < -0.4 is 10.6 Å². The summed E-state index contributed by atoms with van der Waals surface area (Å²) in [5.74, 6) is -0.982. The first-order valence-corrected chi connectivity index (χ1v) is 8.21. The van der Waals surface area contributed by atoms with Crippen LogP contribution in [0.25, 0.3) is 0 Å². The number of hydrogen-bond donors (Lipinski definition) is 2. The zero-order chi connectivity index (χ0) is 17.2. The van der Waals surface area contributed by atoms with E-state index in [9.17, 15) is 18.0 Å². The molecule has 10 nitrogen and oxygen atoms in total. The van der Waals surface area contributed by atoms with E-state index in [4.69, 9.17) is 0 Å². The van der Waals surface area contributed by atoms with Crippen LogP contribution in [-0.2, 0) is 19.6 Å². The molecule has 0 radical (unpaired) electrons. The second-order valence-electron chi connectivity index (χ2n) is 4.86. The lowest BCUT2D eigenvalue weighted by molar-refractivity contribution is -0.134. The van der Waals surface area contributed by atoms with Gasteiger partial charge in [-0.1, -0.05) is 0 Å². The summed E-state index contributed by atoms with van der Waals surface area (Å²) in [6.45, 7) is -0.780. The molecule has 1 aromatic carbocycles. The second kappa shape index (κ2) is 6.29. The number of aromatic nitrogens is 3. The fourth-order valence-corrected chi connectivity index (χ4v) is 3.43. The van der Waals surface area contributed by atoms with Crippen LogP contribution in [0.1, 0.15) is 0 Å². The van der Waals surface area contributed by atoms with Gasteiger partial charge in [-0.05, 0) is 24.3 Å². The Morgan fingerprint density at radius 2 is 1.58 bits per heavy atom. The van der Waals surface area contributed by atoms with E-state index in [0.717, 1.165) is 4.31 Å². The third kappa shape index (κ3) is 3.36. The van der Waals surface area contributed by atoms with E-state index in [1.54, 1.807) is 0 Å². The van der Waals surface area contributed by atoms with Gasteiger partial charge in [0.25, 0.3) is 0 Å². The van der Waals surface area contributed by atoms with Gasteiger partial charge in [-0.25, -0.2) is 23.4 Å². The number of piperazine rings is 1. The Bertz CT molecular complexity index is 853. The summed E-state index contributed by atoms with van der Waals surface area (Å²) >= 11 is 0. The molecule has 1 aromatic heterocycles. The van der Waals surface area contributed by atoms with Gasteiger partial charge in [0.05, 0.1) is 18.0 Å². The molecule has 0 unspecified atom stereocenters. The van der Waals surface area contributed by atoms with Crippen molar-refractivity contribution >= 4 is 33.5 Å². The number of benzene rings is 1. The van der Waals surface area contributed by atoms with E-state index >= 15 is 0 Å². The van der Waals surface area contributed by atoms with E-state index in [0.29, 0.717) is 11.6 Å². The predicted molar refractivity (Wildman–Crippen MR) is 81.5 cm³/mol. The quantitative estimate of drug-likeness (QED) is 0.690. The van der Waals surface area contributed by atoms with Gasteiger partial charge in [0.15, 0.2) is 0 Å². The van der Waals surface area contributed by atoms with Crippen LogP contribution in [0.4, 0.5) is 11.6 Å². The zero-order valence-electron chi connectivity index (χ0n) is 12.2. The molecule has 2 heterocycles. The molecule has 0 saturated carbocycles. The van der Waals surface area contributed by atoms with Crippen molar-refractivity contribution < 1.29 is 18.0 Å². The van der Waals surface area contributed by atoms with Gasteiger partial charge in [0.1, 0.15) is 12.7 Å². The van der Waals surface area contributed by atoms with Gasteiger partial charge in [-0.3, -0.25) is 14.9 Å². The Balaban J connectivity index is 1.79. The van der Waals surface area contributed by atoms with Crippen molar-refractivity contribution in [3.8, 4) is 0 Å². The molecule has 0 spiro atoms. The number of anilines is 2. The van der Waals surface area contributed by atoms with Crippen LogP contribution in [0.15, 0.2) is 41.8 Å². The number of hydrogen-bond acceptors (Lipinski definition) is 8. The molecule has 24 heavy (non-hydrogen) atoms. The Morgan fingerprint density at radius 1 is 1.00 bits per heavy atom. The monoisotopic (exact) mass is 348 g/mol. The maximum Gasteiger partial charge on any atom is 0.244 e. The van der Waals surface area contributed by atoms with Crippen molar-refractivity contribution in [3.05, 3.63) is 36.9 Å². The summed E-state index contributed by atoms with van der Waals surface area (Å²) in [4.78, 5) is 34.2. The van der Waals surface area contributed by atoms with Gasteiger partial charge in [-0.2, -0.15) is 4.31 Å². The Hall–Kier alpha value is -2.92. The molecule has 11 heteroatoms. The average Bonchev–Trinajstić information content (AvgIpc) is 2.55. The van der Waals surface area contributed by atoms with E-state index < -0.39 is 21.8 Å². The van der Waals surface area contributed by atoms with Crippen LogP contribution in [0.2, 0.25) is 0 Å². The SMILES string of the molecule is O=C1CN(S(=O)(=O)c2ccc(Nc3ncncn3)cc2)CC(=O)N1. The number of rotatable bonds is 4. The first kappa shape index (κ1) is 16.0.